The van der Waals surface area contributed by atoms with Crippen LogP contribution in [-0.2, 0) is 33.4 Å². The molecule has 0 aliphatic carbocycles. The van der Waals surface area contributed by atoms with Gasteiger partial charge in [0, 0.05) is 12.2 Å². The van der Waals surface area contributed by atoms with Gasteiger partial charge in [0.25, 0.3) is 0 Å². The van der Waals surface area contributed by atoms with Gasteiger partial charge in [-0.25, -0.2) is 8.42 Å². The summed E-state index contributed by atoms with van der Waals surface area (Å²) in [5, 5.41) is 6.17. The second-order valence-corrected chi connectivity index (χ2v) is 10.7. The summed E-state index contributed by atoms with van der Waals surface area (Å²) in [6.45, 7) is 5.75. The number of hydrogen-bond acceptors (Lipinski definition) is 4. The van der Waals surface area contributed by atoms with Crippen molar-refractivity contribution in [2.24, 2.45) is 0 Å². The maximum absolute atomic E-state index is 12.6. The van der Waals surface area contributed by atoms with Crippen LogP contribution in [0.4, 0.5) is 5.69 Å². The molecule has 0 radical (unpaired) electrons. The lowest BCUT2D eigenvalue weighted by atomic mass is 9.95. The molecular weight excluding hydrogens is 360 g/mol. The minimum Gasteiger partial charge on any atom is -0.325 e. The molecule has 0 fully saturated rings. The Morgan fingerprint density at radius 1 is 1.11 bits per heavy atom. The molecule has 0 saturated carbocycles. The first-order chi connectivity index (χ1) is 12.7. The summed E-state index contributed by atoms with van der Waals surface area (Å²) < 4.78 is 24.0. The first-order valence-corrected chi connectivity index (χ1v) is 10.7. The Kier molecular flexibility index (Phi) is 5.40. The van der Waals surface area contributed by atoms with E-state index >= 15 is 0 Å². The van der Waals surface area contributed by atoms with Gasteiger partial charge >= 0.3 is 0 Å². The molecule has 0 aromatic heterocycles. The second kappa shape index (κ2) is 7.44. The van der Waals surface area contributed by atoms with Crippen LogP contribution >= 0.6 is 0 Å². The smallest absolute Gasteiger partial charge is 0.241 e. The second-order valence-electron chi connectivity index (χ2n) is 7.97. The van der Waals surface area contributed by atoms with Crippen LogP contribution < -0.4 is 10.6 Å². The number of benzene rings is 2. The molecule has 2 aromatic carbocycles. The molecule has 0 bridgehead atoms. The van der Waals surface area contributed by atoms with Crippen molar-refractivity contribution in [1.29, 1.82) is 0 Å². The topological polar surface area (TPSA) is 75.3 Å². The Bertz CT molecular complexity index is 946. The van der Waals surface area contributed by atoms with Crippen molar-refractivity contribution in [2.75, 3.05) is 5.32 Å². The summed E-state index contributed by atoms with van der Waals surface area (Å²) >= 11 is 0. The highest BCUT2D eigenvalue weighted by Crippen LogP contribution is 2.22. The fourth-order valence-corrected chi connectivity index (χ4v) is 4.10. The number of hydrogen-bond donors (Lipinski definition) is 2. The molecule has 1 amide bonds. The lowest BCUT2D eigenvalue weighted by Gasteiger charge is -2.25. The third kappa shape index (κ3) is 4.57. The van der Waals surface area contributed by atoms with Crippen LogP contribution in [0.2, 0.25) is 0 Å². The zero-order valence-corrected chi connectivity index (χ0v) is 16.8. The van der Waals surface area contributed by atoms with E-state index in [0.29, 0.717) is 24.2 Å². The average molecular weight is 387 g/mol. The number of rotatable bonds is 4. The Morgan fingerprint density at radius 2 is 1.81 bits per heavy atom. The number of sulfone groups is 1. The lowest BCUT2D eigenvalue weighted by Crippen LogP contribution is -2.44. The quantitative estimate of drug-likeness (QED) is 0.847. The van der Waals surface area contributed by atoms with Crippen LogP contribution in [0, 0.1) is 0 Å². The van der Waals surface area contributed by atoms with Gasteiger partial charge in [-0.3, -0.25) is 4.79 Å². The van der Waals surface area contributed by atoms with Gasteiger partial charge in [0.2, 0.25) is 5.91 Å². The fourth-order valence-electron chi connectivity index (χ4n) is 3.04. The van der Waals surface area contributed by atoms with Gasteiger partial charge < -0.3 is 10.6 Å². The van der Waals surface area contributed by atoms with Gasteiger partial charge in [0.1, 0.15) is 0 Å². The molecule has 2 N–H and O–H groups in total. The van der Waals surface area contributed by atoms with E-state index in [1.807, 2.05) is 12.1 Å². The van der Waals surface area contributed by atoms with Crippen LogP contribution in [0.25, 0.3) is 0 Å². The van der Waals surface area contributed by atoms with E-state index in [-0.39, 0.29) is 17.7 Å². The SMILES string of the molecule is CC(C)(C)S(=O)(=O)Cc1cccc(NC(=O)C2Cc3ccccc3CN2)c1. The normalized spacial score (nSPS) is 17.2. The molecule has 1 heterocycles. The third-order valence-corrected chi connectivity index (χ3v) is 7.46. The van der Waals surface area contributed by atoms with Gasteiger partial charge in [0.15, 0.2) is 9.84 Å². The number of nitrogens with one attached hydrogen (secondary N) is 2. The molecule has 27 heavy (non-hydrogen) atoms. The van der Waals surface area contributed by atoms with Crippen molar-refractivity contribution < 1.29 is 13.2 Å². The highest BCUT2D eigenvalue weighted by atomic mass is 32.2. The monoisotopic (exact) mass is 386 g/mol. The van der Waals surface area contributed by atoms with E-state index in [0.717, 1.165) is 0 Å². The fraction of sp³-hybridized carbons (Fsp3) is 0.381. The first kappa shape index (κ1) is 19.6. The molecule has 1 aliphatic heterocycles. The summed E-state index contributed by atoms with van der Waals surface area (Å²) in [7, 11) is -3.27. The Balaban J connectivity index is 1.69. The van der Waals surface area contributed by atoms with Crippen molar-refractivity contribution in [3.63, 3.8) is 0 Å². The van der Waals surface area contributed by atoms with Crippen LogP contribution in [0.3, 0.4) is 0 Å². The standard InChI is InChI=1S/C21H26N2O3S/c1-21(2,3)27(25,26)14-15-7-6-10-18(11-15)23-20(24)19-12-16-8-4-5-9-17(16)13-22-19/h4-11,19,22H,12-14H2,1-3H3,(H,23,24). The number of anilines is 1. The highest BCUT2D eigenvalue weighted by Gasteiger charge is 2.29. The van der Waals surface area contributed by atoms with Gasteiger partial charge in [-0.2, -0.15) is 0 Å². The maximum atomic E-state index is 12.6. The molecule has 1 aliphatic rings. The molecule has 5 nitrogen and oxygen atoms in total. The maximum Gasteiger partial charge on any atom is 0.241 e. The molecule has 6 heteroatoms. The molecule has 1 unspecified atom stereocenters. The zero-order chi connectivity index (χ0) is 19.7. The molecule has 0 saturated heterocycles. The van der Waals surface area contributed by atoms with Gasteiger partial charge in [-0.1, -0.05) is 36.4 Å². The lowest BCUT2D eigenvalue weighted by molar-refractivity contribution is -0.118. The van der Waals surface area contributed by atoms with Crippen LogP contribution in [-0.4, -0.2) is 25.1 Å². The summed E-state index contributed by atoms with van der Waals surface area (Å²) in [4.78, 5) is 12.6. The molecule has 1 atom stereocenters. The number of carbonyl (C=O) groups excluding carboxylic acids is 1. The summed E-state index contributed by atoms with van der Waals surface area (Å²) in [5.41, 5.74) is 3.68. The average Bonchev–Trinajstić information content (AvgIpc) is 2.60. The van der Waals surface area contributed by atoms with E-state index in [4.69, 9.17) is 0 Å². The Morgan fingerprint density at radius 3 is 2.52 bits per heavy atom. The molecule has 2 aromatic rings. The summed E-state index contributed by atoms with van der Waals surface area (Å²) in [6.07, 6.45) is 0.639. The number of amides is 1. The minimum absolute atomic E-state index is 0.0464. The van der Waals surface area contributed by atoms with Crippen LogP contribution in [0.1, 0.15) is 37.5 Å². The summed E-state index contributed by atoms with van der Waals surface area (Å²) in [6, 6.07) is 14.8. The Labute approximate surface area is 161 Å². The van der Waals surface area contributed by atoms with Crippen molar-refractivity contribution in [2.45, 2.75) is 50.3 Å². The number of fused-ring (bicyclic) bond motifs is 1. The minimum atomic E-state index is -3.27. The summed E-state index contributed by atoms with van der Waals surface area (Å²) in [5.74, 6) is -0.157. The van der Waals surface area contributed by atoms with E-state index in [1.54, 1.807) is 45.0 Å². The van der Waals surface area contributed by atoms with Crippen LogP contribution in [0.15, 0.2) is 48.5 Å². The van der Waals surface area contributed by atoms with Gasteiger partial charge in [-0.05, 0) is 56.0 Å². The van der Waals surface area contributed by atoms with E-state index in [9.17, 15) is 13.2 Å². The zero-order valence-electron chi connectivity index (χ0n) is 16.0. The molecule has 0 spiro atoms. The van der Waals surface area contributed by atoms with Gasteiger partial charge in [-0.15, -0.1) is 0 Å². The third-order valence-electron chi connectivity index (χ3n) is 4.88. The predicted octanol–water partition coefficient (Wildman–Crippen LogP) is 3.05. The molecule has 144 valence electrons. The number of carbonyl (C=O) groups is 1. The highest BCUT2D eigenvalue weighted by molar-refractivity contribution is 7.91. The van der Waals surface area contributed by atoms with Crippen molar-refractivity contribution in [3.8, 4) is 0 Å². The first-order valence-electron chi connectivity index (χ1n) is 9.08. The van der Waals surface area contributed by atoms with Crippen molar-refractivity contribution in [1.82, 2.24) is 5.32 Å². The van der Waals surface area contributed by atoms with E-state index in [1.165, 1.54) is 11.1 Å². The van der Waals surface area contributed by atoms with E-state index < -0.39 is 14.6 Å². The van der Waals surface area contributed by atoms with Crippen molar-refractivity contribution in [3.05, 3.63) is 65.2 Å². The van der Waals surface area contributed by atoms with Crippen LogP contribution in [0.5, 0.6) is 0 Å². The largest absolute Gasteiger partial charge is 0.325 e. The molecule has 3 rings (SSSR count). The van der Waals surface area contributed by atoms with E-state index in [2.05, 4.69) is 22.8 Å². The van der Waals surface area contributed by atoms with Crippen molar-refractivity contribution >= 4 is 21.4 Å². The Hall–Kier alpha value is -2.18. The molecular formula is C21H26N2O3S. The predicted molar refractivity (Wildman–Crippen MR) is 108 cm³/mol. The van der Waals surface area contributed by atoms with Gasteiger partial charge in [0.05, 0.1) is 16.5 Å².